The normalized spacial score (nSPS) is 14.3. The predicted molar refractivity (Wildman–Crippen MR) is 71.0 cm³/mol. The van der Waals surface area contributed by atoms with Crippen LogP contribution in [0, 0.1) is 17.3 Å². The Balaban J connectivity index is 2.33. The Bertz CT molecular complexity index is 466. The number of hydrogen-bond donors (Lipinski definition) is 2. The van der Waals surface area contributed by atoms with Gasteiger partial charge in [0.1, 0.15) is 0 Å². The van der Waals surface area contributed by atoms with Crippen LogP contribution in [0.5, 0.6) is 0 Å². The van der Waals surface area contributed by atoms with Gasteiger partial charge in [0.15, 0.2) is 0 Å². The highest BCUT2D eigenvalue weighted by atomic mass is 16.3. The Labute approximate surface area is 103 Å². The Kier molecular flexibility index (Phi) is 3.40. The van der Waals surface area contributed by atoms with Gasteiger partial charge in [-0.3, -0.25) is 0 Å². The molecule has 1 heterocycles. The predicted octanol–water partition coefficient (Wildman–Crippen LogP) is 2.41. The Morgan fingerprint density at radius 3 is 3.00 bits per heavy atom. The van der Waals surface area contributed by atoms with Gasteiger partial charge in [0.25, 0.3) is 0 Å². The van der Waals surface area contributed by atoms with Crippen LogP contribution in [-0.4, -0.2) is 18.3 Å². The van der Waals surface area contributed by atoms with E-state index in [-0.39, 0.29) is 12.0 Å². The lowest BCUT2D eigenvalue weighted by Crippen LogP contribution is -2.14. The van der Waals surface area contributed by atoms with E-state index in [0.29, 0.717) is 0 Å². The van der Waals surface area contributed by atoms with E-state index in [4.69, 9.17) is 0 Å². The average Bonchev–Trinajstić information content (AvgIpc) is 2.36. The van der Waals surface area contributed by atoms with Crippen LogP contribution in [0.1, 0.15) is 31.4 Å². The summed E-state index contributed by atoms with van der Waals surface area (Å²) in [5, 5.41) is 12.6. The molecule has 1 aromatic carbocycles. The highest BCUT2D eigenvalue weighted by molar-refractivity contribution is 5.60. The first-order valence-electron chi connectivity index (χ1n) is 6.12. The van der Waals surface area contributed by atoms with E-state index >= 15 is 0 Å². The third-order valence-electron chi connectivity index (χ3n) is 3.03. The zero-order chi connectivity index (χ0) is 12.3. The fourth-order valence-corrected chi connectivity index (χ4v) is 1.90. The second-order valence-corrected chi connectivity index (χ2v) is 5.15. The number of anilines is 1. The van der Waals surface area contributed by atoms with Crippen LogP contribution in [0.25, 0.3) is 0 Å². The van der Waals surface area contributed by atoms with Gasteiger partial charge in [-0.05, 0) is 44.4 Å². The van der Waals surface area contributed by atoms with Gasteiger partial charge in [0.2, 0.25) is 0 Å². The zero-order valence-electron chi connectivity index (χ0n) is 10.5. The first-order valence-corrected chi connectivity index (χ1v) is 6.12. The van der Waals surface area contributed by atoms with E-state index < -0.39 is 0 Å². The number of aliphatic hydroxyl groups excluding tert-OH is 1. The molecule has 0 unspecified atom stereocenters. The Morgan fingerprint density at radius 2 is 2.24 bits per heavy atom. The summed E-state index contributed by atoms with van der Waals surface area (Å²) in [6, 6.07) is 6.20. The van der Waals surface area contributed by atoms with Crippen LogP contribution in [0.3, 0.4) is 0 Å². The highest BCUT2D eigenvalue weighted by Crippen LogP contribution is 2.25. The second-order valence-electron chi connectivity index (χ2n) is 5.15. The number of nitrogens with one attached hydrogen (secondary N) is 1. The minimum Gasteiger partial charge on any atom is -0.395 e. The van der Waals surface area contributed by atoms with Gasteiger partial charge in [-0.15, -0.1) is 0 Å². The number of rotatable bonds is 1. The molecule has 2 heteroatoms. The lowest BCUT2D eigenvalue weighted by Gasteiger charge is -2.19. The lowest BCUT2D eigenvalue weighted by atomic mass is 9.93. The van der Waals surface area contributed by atoms with E-state index in [0.717, 1.165) is 24.9 Å². The molecule has 1 aromatic rings. The second kappa shape index (κ2) is 4.81. The van der Waals surface area contributed by atoms with Gasteiger partial charge >= 0.3 is 0 Å². The summed E-state index contributed by atoms with van der Waals surface area (Å²) in [6.07, 6.45) is 2.25. The molecular weight excluding hydrogens is 210 g/mol. The van der Waals surface area contributed by atoms with Crippen molar-refractivity contribution in [3.05, 3.63) is 29.3 Å². The van der Waals surface area contributed by atoms with Gasteiger partial charge in [-0.25, -0.2) is 0 Å². The molecule has 0 atom stereocenters. The molecule has 2 nitrogen and oxygen atoms in total. The van der Waals surface area contributed by atoms with Crippen LogP contribution in [-0.2, 0) is 6.42 Å². The van der Waals surface area contributed by atoms with Crippen molar-refractivity contribution in [1.29, 1.82) is 0 Å². The number of fused-ring (bicyclic) bond motifs is 1. The van der Waals surface area contributed by atoms with E-state index in [1.165, 1.54) is 11.3 Å². The van der Waals surface area contributed by atoms with Crippen molar-refractivity contribution in [2.45, 2.75) is 26.7 Å². The molecule has 0 amide bonds. The average molecular weight is 229 g/mol. The molecule has 2 rings (SSSR count). The maximum Gasteiger partial charge on any atom is 0.0591 e. The minimum absolute atomic E-state index is 0.0905. The smallest absolute Gasteiger partial charge is 0.0591 e. The quantitative estimate of drug-likeness (QED) is 0.725. The van der Waals surface area contributed by atoms with Gasteiger partial charge < -0.3 is 10.4 Å². The first-order chi connectivity index (χ1) is 8.12. The van der Waals surface area contributed by atoms with Crippen molar-refractivity contribution in [1.82, 2.24) is 0 Å². The van der Waals surface area contributed by atoms with Crippen molar-refractivity contribution >= 4 is 5.69 Å². The molecule has 0 bridgehead atoms. The number of aliphatic hydroxyl groups is 1. The SMILES string of the molecule is CC(C)(C#Cc1cccc2c1CCCN2)CO. The van der Waals surface area contributed by atoms with Crippen LogP contribution in [0.2, 0.25) is 0 Å². The van der Waals surface area contributed by atoms with Gasteiger partial charge in [0, 0.05) is 23.2 Å². The van der Waals surface area contributed by atoms with Crippen LogP contribution >= 0.6 is 0 Å². The number of hydrogen-bond acceptors (Lipinski definition) is 2. The largest absolute Gasteiger partial charge is 0.395 e. The van der Waals surface area contributed by atoms with Crippen molar-refractivity contribution < 1.29 is 5.11 Å². The van der Waals surface area contributed by atoms with Crippen LogP contribution in [0.15, 0.2) is 18.2 Å². The maximum absolute atomic E-state index is 9.20. The van der Waals surface area contributed by atoms with Gasteiger partial charge in [0.05, 0.1) is 6.61 Å². The molecule has 0 aromatic heterocycles. The summed E-state index contributed by atoms with van der Waals surface area (Å²) < 4.78 is 0. The Hall–Kier alpha value is -1.46. The van der Waals surface area contributed by atoms with Gasteiger partial charge in [-0.2, -0.15) is 0 Å². The van der Waals surface area contributed by atoms with E-state index in [2.05, 4.69) is 29.3 Å². The molecule has 17 heavy (non-hydrogen) atoms. The molecule has 1 aliphatic rings. The van der Waals surface area contributed by atoms with E-state index in [9.17, 15) is 5.11 Å². The fraction of sp³-hybridized carbons (Fsp3) is 0.467. The van der Waals surface area contributed by atoms with Crippen molar-refractivity contribution in [3.63, 3.8) is 0 Å². The van der Waals surface area contributed by atoms with E-state index in [1.54, 1.807) is 0 Å². The van der Waals surface area contributed by atoms with Crippen LogP contribution < -0.4 is 5.32 Å². The first kappa shape index (κ1) is 12.0. The van der Waals surface area contributed by atoms with Gasteiger partial charge in [-0.1, -0.05) is 17.9 Å². The van der Waals surface area contributed by atoms with Crippen molar-refractivity contribution in [2.24, 2.45) is 5.41 Å². The molecule has 0 saturated carbocycles. The summed E-state index contributed by atoms with van der Waals surface area (Å²) in [6.45, 7) is 5.04. The zero-order valence-corrected chi connectivity index (χ0v) is 10.5. The van der Waals surface area contributed by atoms with Crippen LogP contribution in [0.4, 0.5) is 5.69 Å². The van der Waals surface area contributed by atoms with Crippen molar-refractivity contribution in [2.75, 3.05) is 18.5 Å². The third kappa shape index (κ3) is 2.81. The molecule has 0 aliphatic carbocycles. The monoisotopic (exact) mass is 229 g/mol. The molecule has 2 N–H and O–H groups in total. The van der Waals surface area contributed by atoms with Crippen molar-refractivity contribution in [3.8, 4) is 11.8 Å². The maximum atomic E-state index is 9.20. The molecular formula is C15H19NO. The summed E-state index contributed by atoms with van der Waals surface area (Å²) in [7, 11) is 0. The highest BCUT2D eigenvalue weighted by Gasteiger charge is 2.13. The molecule has 0 saturated heterocycles. The fourth-order valence-electron chi connectivity index (χ4n) is 1.90. The summed E-state index contributed by atoms with van der Waals surface area (Å²) in [4.78, 5) is 0. The standard InChI is InChI=1S/C15H19NO/c1-15(2,11-17)9-8-12-5-3-7-14-13(12)6-4-10-16-14/h3,5,7,16-17H,4,6,10-11H2,1-2H3. The molecule has 1 aliphatic heterocycles. The lowest BCUT2D eigenvalue weighted by molar-refractivity contribution is 0.206. The summed E-state index contributed by atoms with van der Waals surface area (Å²) >= 11 is 0. The minimum atomic E-state index is -0.329. The Morgan fingerprint density at radius 1 is 1.41 bits per heavy atom. The topological polar surface area (TPSA) is 32.3 Å². The summed E-state index contributed by atoms with van der Waals surface area (Å²) in [5.41, 5.74) is 3.30. The van der Waals surface area contributed by atoms with E-state index in [1.807, 2.05) is 19.9 Å². The molecule has 0 spiro atoms. The molecule has 90 valence electrons. The number of benzene rings is 1. The third-order valence-corrected chi connectivity index (χ3v) is 3.03. The molecule has 0 fully saturated rings. The molecule has 0 radical (unpaired) electrons. The summed E-state index contributed by atoms with van der Waals surface area (Å²) in [5.74, 6) is 6.36.